The number of hydrogen-bond acceptors (Lipinski definition) is 5. The molecule has 1 aromatic heterocycles. The first kappa shape index (κ1) is 18.4. The van der Waals surface area contributed by atoms with Crippen molar-refractivity contribution in [1.82, 2.24) is 14.8 Å². The Kier molecular flexibility index (Phi) is 7.14. The molecular weight excluding hydrogens is 310 g/mol. The Morgan fingerprint density at radius 3 is 2.71 bits per heavy atom. The number of methoxy groups -OCH3 is 1. The van der Waals surface area contributed by atoms with Gasteiger partial charge in [-0.2, -0.15) is 0 Å². The molecule has 0 aromatic carbocycles. The zero-order chi connectivity index (χ0) is 17.4. The number of carbonyl (C=O) groups excluding carboxylic acids is 1. The third-order valence-corrected chi connectivity index (χ3v) is 4.22. The van der Waals surface area contributed by atoms with Gasteiger partial charge in [0.15, 0.2) is 0 Å². The van der Waals surface area contributed by atoms with Crippen LogP contribution in [0.2, 0.25) is 0 Å². The van der Waals surface area contributed by atoms with E-state index in [1.807, 2.05) is 4.90 Å². The fourth-order valence-electron chi connectivity index (χ4n) is 2.77. The molecule has 1 aromatic rings. The number of rotatable bonds is 8. The van der Waals surface area contributed by atoms with Gasteiger partial charge in [0.1, 0.15) is 0 Å². The van der Waals surface area contributed by atoms with Gasteiger partial charge >= 0.3 is 5.97 Å². The van der Waals surface area contributed by atoms with Crippen molar-refractivity contribution < 1.29 is 19.4 Å². The van der Waals surface area contributed by atoms with Crippen LogP contribution in [0.5, 0.6) is 0 Å². The lowest BCUT2D eigenvalue weighted by molar-refractivity contribution is -0.133. The highest BCUT2D eigenvalue weighted by Crippen LogP contribution is 2.09. The number of ether oxygens (including phenoxy) is 1. The van der Waals surface area contributed by atoms with Gasteiger partial charge in [-0.3, -0.25) is 14.7 Å². The molecule has 132 valence electrons. The molecule has 1 saturated heterocycles. The predicted molar refractivity (Wildman–Crippen MR) is 89.0 cm³/mol. The highest BCUT2D eigenvalue weighted by atomic mass is 16.5. The number of aromatic carboxylic acids is 1. The molecule has 2 rings (SSSR count). The summed E-state index contributed by atoms with van der Waals surface area (Å²) >= 11 is 0. The Labute approximate surface area is 142 Å². The van der Waals surface area contributed by atoms with E-state index >= 15 is 0 Å². The Bertz CT molecular complexity index is 557. The second-order valence-corrected chi connectivity index (χ2v) is 5.91. The van der Waals surface area contributed by atoms with Crippen molar-refractivity contribution >= 4 is 11.9 Å². The van der Waals surface area contributed by atoms with Gasteiger partial charge in [0, 0.05) is 58.1 Å². The fraction of sp³-hybridized carbons (Fsp3) is 0.588. The van der Waals surface area contributed by atoms with Crippen LogP contribution in [-0.4, -0.2) is 78.2 Å². The molecule has 0 aliphatic carbocycles. The van der Waals surface area contributed by atoms with Crippen molar-refractivity contribution in [2.45, 2.75) is 19.3 Å². The number of hydrogen-bond donors (Lipinski definition) is 1. The SMILES string of the molecule is COCCN1CCN(C(=O)CCCc2cc(C(=O)O)ccn2)CC1. The number of carbonyl (C=O) groups is 2. The van der Waals surface area contributed by atoms with E-state index in [1.54, 1.807) is 13.2 Å². The summed E-state index contributed by atoms with van der Waals surface area (Å²) in [7, 11) is 1.70. The normalized spacial score (nSPS) is 15.5. The first-order valence-corrected chi connectivity index (χ1v) is 8.27. The molecule has 1 aliphatic rings. The van der Waals surface area contributed by atoms with Crippen molar-refractivity contribution in [2.75, 3.05) is 46.4 Å². The molecule has 0 saturated carbocycles. The highest BCUT2D eigenvalue weighted by molar-refractivity contribution is 5.87. The molecule has 0 atom stereocenters. The van der Waals surface area contributed by atoms with Crippen LogP contribution >= 0.6 is 0 Å². The summed E-state index contributed by atoms with van der Waals surface area (Å²) in [6.45, 7) is 4.92. The van der Waals surface area contributed by atoms with Crippen LogP contribution in [0.4, 0.5) is 0 Å². The summed E-state index contributed by atoms with van der Waals surface area (Å²) in [5, 5.41) is 8.97. The lowest BCUT2D eigenvalue weighted by Gasteiger charge is -2.34. The van der Waals surface area contributed by atoms with Crippen LogP contribution in [0.1, 0.15) is 28.9 Å². The maximum Gasteiger partial charge on any atom is 0.335 e. The van der Waals surface area contributed by atoms with Crippen LogP contribution in [0.15, 0.2) is 18.3 Å². The predicted octanol–water partition coefficient (Wildman–Crippen LogP) is 0.893. The molecule has 0 bridgehead atoms. The minimum absolute atomic E-state index is 0.163. The summed E-state index contributed by atoms with van der Waals surface area (Å²) < 4.78 is 5.07. The summed E-state index contributed by atoms with van der Waals surface area (Å²) in [6, 6.07) is 3.04. The van der Waals surface area contributed by atoms with Crippen LogP contribution in [-0.2, 0) is 16.0 Å². The third kappa shape index (κ3) is 5.58. The van der Waals surface area contributed by atoms with Gasteiger partial charge in [-0.15, -0.1) is 0 Å². The molecule has 1 amide bonds. The van der Waals surface area contributed by atoms with Crippen LogP contribution in [0.3, 0.4) is 0 Å². The number of aromatic nitrogens is 1. The van der Waals surface area contributed by atoms with E-state index in [-0.39, 0.29) is 11.5 Å². The minimum atomic E-state index is -0.957. The first-order chi connectivity index (χ1) is 11.6. The summed E-state index contributed by atoms with van der Waals surface area (Å²) in [5.74, 6) is -0.795. The van der Waals surface area contributed by atoms with Crippen molar-refractivity contribution in [3.05, 3.63) is 29.6 Å². The topological polar surface area (TPSA) is 83.0 Å². The number of carboxylic acids is 1. The molecule has 7 heteroatoms. The second kappa shape index (κ2) is 9.34. The largest absolute Gasteiger partial charge is 0.478 e. The van der Waals surface area contributed by atoms with E-state index in [2.05, 4.69) is 9.88 Å². The Morgan fingerprint density at radius 2 is 2.04 bits per heavy atom. The standard InChI is InChI=1S/C17H25N3O4/c1-24-12-11-19-7-9-20(10-8-19)16(21)4-2-3-15-13-14(17(22)23)5-6-18-15/h5-6,13H,2-4,7-12H2,1H3,(H,22,23). The zero-order valence-corrected chi connectivity index (χ0v) is 14.1. The van der Waals surface area contributed by atoms with Crippen molar-refractivity contribution in [3.8, 4) is 0 Å². The molecule has 0 radical (unpaired) electrons. The molecule has 1 N–H and O–H groups in total. The Balaban J connectivity index is 1.70. The van der Waals surface area contributed by atoms with Crippen LogP contribution in [0, 0.1) is 0 Å². The summed E-state index contributed by atoms with van der Waals surface area (Å²) in [4.78, 5) is 31.6. The molecule has 24 heavy (non-hydrogen) atoms. The van der Waals surface area contributed by atoms with Crippen molar-refractivity contribution in [3.63, 3.8) is 0 Å². The van der Waals surface area contributed by atoms with Crippen molar-refractivity contribution in [1.29, 1.82) is 0 Å². The van der Waals surface area contributed by atoms with E-state index in [1.165, 1.54) is 12.3 Å². The van der Waals surface area contributed by atoms with E-state index in [0.717, 1.165) is 39.3 Å². The van der Waals surface area contributed by atoms with E-state index in [9.17, 15) is 9.59 Å². The molecule has 0 spiro atoms. The molecule has 0 unspecified atom stereocenters. The van der Waals surface area contributed by atoms with Crippen LogP contribution < -0.4 is 0 Å². The number of amides is 1. The average molecular weight is 335 g/mol. The highest BCUT2D eigenvalue weighted by Gasteiger charge is 2.20. The van der Waals surface area contributed by atoms with E-state index in [4.69, 9.17) is 9.84 Å². The average Bonchev–Trinajstić information content (AvgIpc) is 2.60. The summed E-state index contributed by atoms with van der Waals surface area (Å²) in [5.41, 5.74) is 0.950. The summed E-state index contributed by atoms with van der Waals surface area (Å²) in [6.07, 6.45) is 3.26. The number of carboxylic acid groups (broad SMARTS) is 1. The molecule has 2 heterocycles. The monoisotopic (exact) mass is 335 g/mol. The molecule has 1 aliphatic heterocycles. The fourth-order valence-corrected chi connectivity index (χ4v) is 2.77. The van der Waals surface area contributed by atoms with Gasteiger partial charge in [-0.25, -0.2) is 4.79 Å². The van der Waals surface area contributed by atoms with Gasteiger partial charge in [0.05, 0.1) is 12.2 Å². The Morgan fingerprint density at radius 1 is 1.29 bits per heavy atom. The molecule has 1 fully saturated rings. The van der Waals surface area contributed by atoms with Gasteiger partial charge in [-0.05, 0) is 25.0 Å². The van der Waals surface area contributed by atoms with Gasteiger partial charge < -0.3 is 14.7 Å². The van der Waals surface area contributed by atoms with E-state index < -0.39 is 5.97 Å². The van der Waals surface area contributed by atoms with E-state index in [0.29, 0.717) is 25.0 Å². The minimum Gasteiger partial charge on any atom is -0.478 e. The van der Waals surface area contributed by atoms with Gasteiger partial charge in [0.25, 0.3) is 0 Å². The number of nitrogens with zero attached hydrogens (tertiary/aromatic N) is 3. The molecular formula is C17H25N3O4. The van der Waals surface area contributed by atoms with Crippen molar-refractivity contribution in [2.24, 2.45) is 0 Å². The van der Waals surface area contributed by atoms with Gasteiger partial charge in [-0.1, -0.05) is 0 Å². The maximum absolute atomic E-state index is 12.3. The Hall–Kier alpha value is -1.99. The van der Waals surface area contributed by atoms with Gasteiger partial charge in [0.2, 0.25) is 5.91 Å². The number of piperazine rings is 1. The quantitative estimate of drug-likeness (QED) is 0.760. The zero-order valence-electron chi connectivity index (χ0n) is 14.1. The smallest absolute Gasteiger partial charge is 0.335 e. The number of aryl methyl sites for hydroxylation is 1. The molecule has 7 nitrogen and oxygen atoms in total. The third-order valence-electron chi connectivity index (χ3n) is 4.22. The van der Waals surface area contributed by atoms with Crippen LogP contribution in [0.25, 0.3) is 0 Å². The lowest BCUT2D eigenvalue weighted by atomic mass is 10.1. The number of pyridine rings is 1. The first-order valence-electron chi connectivity index (χ1n) is 8.27. The lowest BCUT2D eigenvalue weighted by Crippen LogP contribution is -2.49. The maximum atomic E-state index is 12.3. The second-order valence-electron chi connectivity index (χ2n) is 5.91.